The summed E-state index contributed by atoms with van der Waals surface area (Å²) < 4.78 is 35.0. The number of nitrogens with one attached hydrogen (secondary N) is 6. The lowest BCUT2D eigenvalue weighted by Gasteiger charge is -2.42. The Balaban J connectivity index is 1.22. The van der Waals surface area contributed by atoms with E-state index < -0.39 is 120 Å². The number of benzene rings is 2. The molecule has 1 aromatic heterocycles. The molecule has 468 valence electrons. The van der Waals surface area contributed by atoms with E-state index in [2.05, 4.69) is 59.4 Å². The number of rotatable bonds is 22. The predicted molar refractivity (Wildman–Crippen MR) is 326 cm³/mol. The molecular weight excluding hydrogens is 1200 g/mol. The summed E-state index contributed by atoms with van der Waals surface area (Å²) in [6.07, 6.45) is 2.00. The third kappa shape index (κ3) is 17.7. The van der Waals surface area contributed by atoms with Crippen molar-refractivity contribution in [2.75, 3.05) is 48.7 Å². The van der Waals surface area contributed by atoms with E-state index in [4.69, 9.17) is 45.8 Å². The number of carbonyl (C=O) groups is 8. The van der Waals surface area contributed by atoms with E-state index in [-0.39, 0.29) is 59.5 Å². The zero-order valence-corrected chi connectivity index (χ0v) is 52.2. The number of aliphatic hydroxyl groups is 1. The number of fused-ring (bicyclic) bond motifs is 6. The first-order valence-corrected chi connectivity index (χ1v) is 29.8. The van der Waals surface area contributed by atoms with Crippen LogP contribution >= 0.6 is 27.5 Å². The average Bonchev–Trinajstić information content (AvgIpc) is 1.62. The van der Waals surface area contributed by atoms with E-state index in [1.54, 1.807) is 71.0 Å². The van der Waals surface area contributed by atoms with Crippen molar-refractivity contribution in [3.8, 4) is 5.75 Å². The number of nitrogens with two attached hydrogens (primary N) is 1. The van der Waals surface area contributed by atoms with Gasteiger partial charge in [0.1, 0.15) is 46.8 Å². The molecule has 3 aliphatic heterocycles. The molecular formula is C60H79BrClN9O15. The quantitative estimate of drug-likeness (QED) is 0.0121. The van der Waals surface area contributed by atoms with E-state index >= 15 is 0 Å². The van der Waals surface area contributed by atoms with Gasteiger partial charge < -0.3 is 65.4 Å². The lowest BCUT2D eigenvalue weighted by molar-refractivity contribution is -0.144. The number of amides is 8. The number of alkyl carbamates (subject to hydrolysis) is 1. The Hall–Kier alpha value is -7.32. The Kier molecular flexibility index (Phi) is 23.9. The number of urea groups is 1. The Morgan fingerprint density at radius 1 is 1.02 bits per heavy atom. The van der Waals surface area contributed by atoms with E-state index in [1.807, 2.05) is 13.0 Å². The number of alkyl halides is 1. The molecule has 6 rings (SSSR count). The number of halogens is 2. The van der Waals surface area contributed by atoms with Gasteiger partial charge in [-0.3, -0.25) is 34.8 Å². The van der Waals surface area contributed by atoms with Crippen molar-refractivity contribution in [3.63, 3.8) is 0 Å². The summed E-state index contributed by atoms with van der Waals surface area (Å²) in [7, 11) is 4.40. The number of hydrogen-bond acceptors (Lipinski definition) is 16. The molecule has 2 fully saturated rings. The van der Waals surface area contributed by atoms with Crippen molar-refractivity contribution in [1.29, 1.82) is 0 Å². The molecule has 0 spiro atoms. The Labute approximate surface area is 513 Å². The topological polar surface area (TPSA) is 330 Å². The van der Waals surface area contributed by atoms with Gasteiger partial charge in [-0.2, -0.15) is 0 Å². The number of unbranched alkanes of at least 4 members (excludes halogenated alkanes) is 1. The first kappa shape index (κ1) is 67.8. The maximum Gasteiger partial charge on any atom is 0.412 e. The van der Waals surface area contributed by atoms with Gasteiger partial charge in [0.05, 0.1) is 48.3 Å². The van der Waals surface area contributed by atoms with Crippen LogP contribution in [0.15, 0.2) is 78.5 Å². The fraction of sp³-hybridized carbons (Fsp3) is 0.517. The van der Waals surface area contributed by atoms with Gasteiger partial charge in [-0.1, -0.05) is 78.7 Å². The molecule has 26 heteroatoms. The lowest BCUT2D eigenvalue weighted by Crippen LogP contribution is -2.63. The normalized spacial score (nSPS) is 24.2. The van der Waals surface area contributed by atoms with Crippen LogP contribution in [0.2, 0.25) is 5.02 Å². The molecule has 86 heavy (non-hydrogen) atoms. The van der Waals surface area contributed by atoms with Crippen LogP contribution < -0.4 is 47.3 Å². The summed E-state index contributed by atoms with van der Waals surface area (Å²) in [4.78, 5) is 113. The van der Waals surface area contributed by atoms with Crippen molar-refractivity contribution in [2.24, 2.45) is 17.6 Å². The summed E-state index contributed by atoms with van der Waals surface area (Å²) in [6, 6.07) is 6.78. The number of carbonyl (C=O) groups excluding carboxylic acids is 8. The van der Waals surface area contributed by atoms with Crippen molar-refractivity contribution < 1.29 is 71.9 Å². The second kappa shape index (κ2) is 30.3. The summed E-state index contributed by atoms with van der Waals surface area (Å²) in [6.45, 7) is 14.3. The number of nitrogens with zero attached hydrogens (tertiary/aromatic N) is 2. The minimum absolute atomic E-state index is 0.0355. The molecule has 0 aliphatic carbocycles. The second-order valence-corrected chi connectivity index (χ2v) is 23.3. The van der Waals surface area contributed by atoms with Gasteiger partial charge in [0.25, 0.3) is 0 Å². The Bertz CT molecular complexity index is 3090. The fourth-order valence-corrected chi connectivity index (χ4v) is 10.9. The molecule has 24 nitrogen and oxygen atoms in total. The summed E-state index contributed by atoms with van der Waals surface area (Å²) in [5.41, 5.74) is 4.85. The number of esters is 1. The zero-order chi connectivity index (χ0) is 63.2. The first-order chi connectivity index (χ1) is 40.7. The monoisotopic (exact) mass is 1280 g/mol. The van der Waals surface area contributed by atoms with Crippen LogP contribution in [0.25, 0.3) is 10.9 Å². The SMILES string of the molecule is C=C(CBr)C(=O)OC(C)CCCCC(=O)N[C@H](C(=O)N[C@@H](CCCNC(N)=O)C(=O)Nc1ccc(NC(=O)O[C@H]2CC(=O)N(C)c3cc(cc(OC)c3Cl)C/C(C)=C/C=C/[C@@H](OC)[C@@]3(O)C[C@H](OC(=O)N3)[C@@H](C)[C@@H]3O[C@@]23C)c2ncccc12)C(C)C. The van der Waals surface area contributed by atoms with Crippen LogP contribution in [0.1, 0.15) is 98.5 Å². The van der Waals surface area contributed by atoms with Gasteiger partial charge in [-0.25, -0.2) is 19.2 Å². The number of pyridine rings is 1. The number of methoxy groups -OCH3 is 2. The number of aromatic nitrogens is 1. The zero-order valence-electron chi connectivity index (χ0n) is 49.8. The van der Waals surface area contributed by atoms with Crippen molar-refractivity contribution in [1.82, 2.24) is 26.3 Å². The molecule has 3 aliphatic rings. The largest absolute Gasteiger partial charge is 0.495 e. The van der Waals surface area contributed by atoms with Crippen LogP contribution in [-0.2, 0) is 54.1 Å². The van der Waals surface area contributed by atoms with Crippen LogP contribution in [0.3, 0.4) is 0 Å². The molecule has 4 bridgehead atoms. The molecule has 8 amide bonds. The van der Waals surface area contributed by atoms with E-state index in [0.717, 1.165) is 11.1 Å². The number of allylic oxidation sites excluding steroid dienone is 3. The molecule has 3 aromatic rings. The molecule has 4 heterocycles. The maximum absolute atomic E-state index is 14.6. The highest BCUT2D eigenvalue weighted by Crippen LogP contribution is 2.49. The third-order valence-electron chi connectivity index (χ3n) is 15.4. The molecule has 10 atom stereocenters. The Morgan fingerprint density at radius 2 is 1.76 bits per heavy atom. The highest BCUT2D eigenvalue weighted by atomic mass is 79.9. The minimum Gasteiger partial charge on any atom is -0.495 e. The smallest absolute Gasteiger partial charge is 0.412 e. The van der Waals surface area contributed by atoms with Gasteiger partial charge in [0.2, 0.25) is 23.6 Å². The standard InChI is InChI=1S/C60H79BrClN9O15/c1-32(2)50(69-47(72)21-12-11-17-35(5)83-55(76)34(4)31-61)54(75)67-41(19-15-25-65-56(63)77)53(74)66-39-22-23-40(51-38(39)18-14-24-64-51)68-57(78)85-46-29-48(73)71(8)42-27-37(28-43(81-9)49(42)62)26-33(3)16-13-20-45(82-10)60(80)30-44(84-58(79)70-60)36(6)52-59(46,7)86-52/h13-14,16,18,20,22-24,27-28,32,35-36,41,44-46,50,52,80H,4,11-12,15,17,19,21,25-26,29-31H2,1-3,5-10H3,(H,66,74)(H,67,75)(H,68,78)(H,69,72)(H,70,79)(H3,63,65,77)/b20-13+,33-16+/t35?,36-,41+,44+,45-,46+,50+,52+,59+,60+/m1/s1. The molecule has 1 unspecified atom stereocenters. The molecule has 2 aromatic carbocycles. The maximum atomic E-state index is 14.6. The number of epoxide rings is 1. The average molecular weight is 1280 g/mol. The predicted octanol–water partition coefficient (Wildman–Crippen LogP) is 7.38. The number of anilines is 3. The van der Waals surface area contributed by atoms with Crippen LogP contribution in [0, 0.1) is 11.8 Å². The van der Waals surface area contributed by atoms with E-state index in [0.29, 0.717) is 48.1 Å². The highest BCUT2D eigenvalue weighted by molar-refractivity contribution is 9.09. The van der Waals surface area contributed by atoms with Crippen LogP contribution in [-0.4, -0.2) is 145 Å². The minimum atomic E-state index is -1.91. The third-order valence-corrected chi connectivity index (χ3v) is 16.4. The fourth-order valence-electron chi connectivity index (χ4n) is 10.4. The molecule has 0 saturated carbocycles. The van der Waals surface area contributed by atoms with Gasteiger partial charge in [0, 0.05) is 61.9 Å². The summed E-state index contributed by atoms with van der Waals surface area (Å²) in [5, 5.41) is 29.0. The lowest BCUT2D eigenvalue weighted by atomic mass is 9.83. The van der Waals surface area contributed by atoms with Crippen molar-refractivity contribution in [3.05, 3.63) is 89.1 Å². The number of primary amides is 1. The van der Waals surface area contributed by atoms with Crippen molar-refractivity contribution in [2.45, 2.75) is 153 Å². The molecule has 9 N–H and O–H groups in total. The van der Waals surface area contributed by atoms with Gasteiger partial charge >= 0.3 is 24.2 Å². The first-order valence-electron chi connectivity index (χ1n) is 28.3. The summed E-state index contributed by atoms with van der Waals surface area (Å²) >= 11 is 10.1. The van der Waals surface area contributed by atoms with Gasteiger partial charge in [0.15, 0.2) is 5.72 Å². The van der Waals surface area contributed by atoms with Crippen LogP contribution in [0.4, 0.5) is 31.4 Å². The van der Waals surface area contributed by atoms with E-state index in [9.17, 15) is 43.5 Å². The van der Waals surface area contributed by atoms with Gasteiger partial charge in [-0.15, -0.1) is 0 Å². The van der Waals surface area contributed by atoms with Gasteiger partial charge in [-0.05, 0) is 107 Å². The Morgan fingerprint density at radius 3 is 2.44 bits per heavy atom. The molecule has 2 saturated heterocycles. The van der Waals surface area contributed by atoms with Crippen molar-refractivity contribution >= 4 is 103 Å². The van der Waals surface area contributed by atoms with Crippen LogP contribution in [0.5, 0.6) is 5.75 Å². The number of ether oxygens (including phenoxy) is 6. The highest BCUT2D eigenvalue weighted by Gasteiger charge is 2.64. The molecule has 0 radical (unpaired) electrons. The second-order valence-electron chi connectivity index (χ2n) is 22.3. The van der Waals surface area contributed by atoms with E-state index in [1.165, 1.54) is 44.5 Å². The summed E-state index contributed by atoms with van der Waals surface area (Å²) in [5.74, 6) is -3.42. The number of hydrogen-bond donors (Lipinski definition) is 8.